The summed E-state index contributed by atoms with van der Waals surface area (Å²) in [4.78, 5) is 11.9. The predicted molar refractivity (Wildman–Crippen MR) is 84.3 cm³/mol. The van der Waals surface area contributed by atoms with Crippen molar-refractivity contribution in [2.75, 3.05) is 18.5 Å². The lowest BCUT2D eigenvalue weighted by Gasteiger charge is -2.26. The van der Waals surface area contributed by atoms with Crippen LogP contribution in [0.2, 0.25) is 0 Å². The maximum Gasteiger partial charge on any atom is 0.319 e. The van der Waals surface area contributed by atoms with Gasteiger partial charge in [-0.3, -0.25) is 0 Å². The first kappa shape index (κ1) is 17.5. The number of benzene rings is 1. The third-order valence-electron chi connectivity index (χ3n) is 3.18. The molecule has 0 aromatic heterocycles. The second-order valence-corrected chi connectivity index (χ2v) is 6.01. The summed E-state index contributed by atoms with van der Waals surface area (Å²) in [5.41, 5.74) is 1.37. The largest absolute Gasteiger partial charge is 0.391 e. The number of carbonyl (C=O) groups is 1. The number of rotatable bonds is 6. The van der Waals surface area contributed by atoms with Gasteiger partial charge in [0.25, 0.3) is 0 Å². The van der Waals surface area contributed by atoms with E-state index in [-0.39, 0.29) is 18.0 Å². The number of aliphatic hydroxyl groups excluding tert-OH is 1. The standard InChI is InChI=1S/C16H26N2O3/c1-5-21-11-12-8-6-7-9-13(12)18-15(20)17-10-14(19)16(2,3)4/h6-9,14,19H,5,10-11H2,1-4H3,(H2,17,18,20). The normalized spacial score (nSPS) is 12.8. The van der Waals surface area contributed by atoms with E-state index in [9.17, 15) is 9.90 Å². The molecule has 0 aliphatic rings. The molecule has 1 aromatic carbocycles. The van der Waals surface area contributed by atoms with Crippen molar-refractivity contribution in [2.45, 2.75) is 40.4 Å². The topological polar surface area (TPSA) is 70.6 Å². The van der Waals surface area contributed by atoms with Crippen LogP contribution in [0.25, 0.3) is 0 Å². The lowest BCUT2D eigenvalue weighted by atomic mass is 9.89. The molecular formula is C16H26N2O3. The van der Waals surface area contributed by atoms with E-state index in [2.05, 4.69) is 10.6 Å². The molecular weight excluding hydrogens is 268 g/mol. The van der Waals surface area contributed by atoms with Crippen molar-refractivity contribution < 1.29 is 14.6 Å². The molecule has 1 aromatic rings. The van der Waals surface area contributed by atoms with E-state index in [1.807, 2.05) is 52.0 Å². The Morgan fingerprint density at radius 2 is 2.00 bits per heavy atom. The lowest BCUT2D eigenvalue weighted by Crippen LogP contribution is -2.41. The SMILES string of the molecule is CCOCc1ccccc1NC(=O)NCC(O)C(C)(C)C. The number of aliphatic hydroxyl groups is 1. The van der Waals surface area contributed by atoms with E-state index >= 15 is 0 Å². The summed E-state index contributed by atoms with van der Waals surface area (Å²) < 4.78 is 5.37. The highest BCUT2D eigenvalue weighted by atomic mass is 16.5. The summed E-state index contributed by atoms with van der Waals surface area (Å²) in [6.07, 6.45) is -0.595. The Morgan fingerprint density at radius 3 is 2.62 bits per heavy atom. The van der Waals surface area contributed by atoms with Crippen molar-refractivity contribution in [3.8, 4) is 0 Å². The van der Waals surface area contributed by atoms with Crippen LogP contribution in [0.15, 0.2) is 24.3 Å². The van der Waals surface area contributed by atoms with Gasteiger partial charge in [0, 0.05) is 24.4 Å². The van der Waals surface area contributed by atoms with E-state index < -0.39 is 6.10 Å². The van der Waals surface area contributed by atoms with Gasteiger partial charge in [-0.2, -0.15) is 0 Å². The number of hydrogen-bond acceptors (Lipinski definition) is 3. The van der Waals surface area contributed by atoms with Crippen LogP contribution in [0, 0.1) is 5.41 Å². The number of para-hydroxylation sites is 1. The third-order valence-corrected chi connectivity index (χ3v) is 3.18. The number of hydrogen-bond donors (Lipinski definition) is 3. The van der Waals surface area contributed by atoms with E-state index in [0.29, 0.717) is 18.9 Å². The second-order valence-electron chi connectivity index (χ2n) is 6.01. The molecule has 0 saturated heterocycles. The van der Waals surface area contributed by atoms with Crippen molar-refractivity contribution in [3.63, 3.8) is 0 Å². The molecule has 0 spiro atoms. The summed E-state index contributed by atoms with van der Waals surface area (Å²) in [5.74, 6) is 0. The van der Waals surface area contributed by atoms with Crippen LogP contribution in [-0.4, -0.2) is 30.4 Å². The molecule has 0 bridgehead atoms. The number of carbonyl (C=O) groups excluding carboxylic acids is 1. The van der Waals surface area contributed by atoms with Crippen molar-refractivity contribution in [1.82, 2.24) is 5.32 Å². The Kier molecular flexibility index (Phi) is 6.65. The van der Waals surface area contributed by atoms with Crippen LogP contribution in [0.3, 0.4) is 0 Å². The Hall–Kier alpha value is -1.59. The Bertz CT molecular complexity index is 455. The molecule has 118 valence electrons. The van der Waals surface area contributed by atoms with Crippen LogP contribution >= 0.6 is 0 Å². The minimum absolute atomic E-state index is 0.211. The number of amides is 2. The average molecular weight is 294 g/mol. The molecule has 1 rings (SSSR count). The minimum atomic E-state index is -0.595. The van der Waals surface area contributed by atoms with Crippen molar-refractivity contribution >= 4 is 11.7 Å². The molecule has 5 nitrogen and oxygen atoms in total. The van der Waals surface area contributed by atoms with Gasteiger partial charge in [-0.05, 0) is 18.4 Å². The van der Waals surface area contributed by atoms with Crippen molar-refractivity contribution in [1.29, 1.82) is 0 Å². The van der Waals surface area contributed by atoms with Crippen molar-refractivity contribution in [2.24, 2.45) is 5.41 Å². The first-order valence-electron chi connectivity index (χ1n) is 7.23. The zero-order chi connectivity index (χ0) is 15.9. The quantitative estimate of drug-likeness (QED) is 0.755. The summed E-state index contributed by atoms with van der Waals surface area (Å²) >= 11 is 0. The summed E-state index contributed by atoms with van der Waals surface area (Å²) in [6, 6.07) is 7.17. The van der Waals surface area contributed by atoms with Gasteiger partial charge in [-0.15, -0.1) is 0 Å². The highest BCUT2D eigenvalue weighted by Gasteiger charge is 2.22. The van der Waals surface area contributed by atoms with Crippen LogP contribution < -0.4 is 10.6 Å². The zero-order valence-electron chi connectivity index (χ0n) is 13.3. The maximum atomic E-state index is 11.9. The molecule has 0 radical (unpaired) electrons. The first-order valence-corrected chi connectivity index (χ1v) is 7.23. The fraction of sp³-hybridized carbons (Fsp3) is 0.562. The molecule has 2 amide bonds. The monoisotopic (exact) mass is 294 g/mol. The van der Waals surface area contributed by atoms with Crippen LogP contribution in [0.4, 0.5) is 10.5 Å². The van der Waals surface area contributed by atoms with Gasteiger partial charge in [0.2, 0.25) is 0 Å². The lowest BCUT2D eigenvalue weighted by molar-refractivity contribution is 0.0654. The van der Waals surface area contributed by atoms with E-state index in [1.165, 1.54) is 0 Å². The summed E-state index contributed by atoms with van der Waals surface area (Å²) in [7, 11) is 0. The van der Waals surface area contributed by atoms with Gasteiger partial charge in [0.1, 0.15) is 0 Å². The first-order chi connectivity index (χ1) is 9.84. The average Bonchev–Trinajstić information content (AvgIpc) is 2.42. The van der Waals surface area contributed by atoms with Gasteiger partial charge < -0.3 is 20.5 Å². The van der Waals surface area contributed by atoms with Gasteiger partial charge in [-0.25, -0.2) is 4.79 Å². The Morgan fingerprint density at radius 1 is 1.33 bits per heavy atom. The third kappa shape index (κ3) is 6.14. The fourth-order valence-electron chi connectivity index (χ4n) is 1.64. The molecule has 3 N–H and O–H groups in total. The predicted octanol–water partition coefficient (Wildman–Crippen LogP) is 2.75. The molecule has 1 atom stereocenters. The van der Waals surface area contributed by atoms with E-state index in [4.69, 9.17) is 4.74 Å². The maximum absolute atomic E-state index is 11.9. The summed E-state index contributed by atoms with van der Waals surface area (Å²) in [5, 5.41) is 15.4. The Balaban J connectivity index is 2.55. The molecule has 0 aliphatic carbocycles. The van der Waals surface area contributed by atoms with Gasteiger partial charge in [0.05, 0.1) is 12.7 Å². The number of urea groups is 1. The number of nitrogens with one attached hydrogen (secondary N) is 2. The smallest absolute Gasteiger partial charge is 0.319 e. The Labute approximate surface area is 126 Å². The second kappa shape index (κ2) is 8.00. The highest BCUT2D eigenvalue weighted by molar-refractivity contribution is 5.90. The van der Waals surface area contributed by atoms with E-state index in [0.717, 1.165) is 5.56 Å². The number of anilines is 1. The fourth-order valence-corrected chi connectivity index (χ4v) is 1.64. The van der Waals surface area contributed by atoms with Crippen LogP contribution in [0.5, 0.6) is 0 Å². The molecule has 5 heteroatoms. The highest BCUT2D eigenvalue weighted by Crippen LogP contribution is 2.18. The summed E-state index contributed by atoms with van der Waals surface area (Å²) in [6.45, 7) is 8.99. The van der Waals surface area contributed by atoms with Crippen LogP contribution in [-0.2, 0) is 11.3 Å². The molecule has 0 heterocycles. The molecule has 21 heavy (non-hydrogen) atoms. The van der Waals surface area contributed by atoms with Gasteiger partial charge in [0.15, 0.2) is 0 Å². The van der Waals surface area contributed by atoms with Crippen molar-refractivity contribution in [3.05, 3.63) is 29.8 Å². The van der Waals surface area contributed by atoms with Crippen LogP contribution in [0.1, 0.15) is 33.3 Å². The van der Waals surface area contributed by atoms with Gasteiger partial charge in [-0.1, -0.05) is 39.0 Å². The number of ether oxygens (including phenoxy) is 1. The zero-order valence-corrected chi connectivity index (χ0v) is 13.3. The van der Waals surface area contributed by atoms with E-state index in [1.54, 1.807) is 0 Å². The molecule has 1 unspecified atom stereocenters. The molecule has 0 fully saturated rings. The minimum Gasteiger partial charge on any atom is -0.391 e. The molecule has 0 aliphatic heterocycles. The molecule has 0 saturated carbocycles. The van der Waals surface area contributed by atoms with Gasteiger partial charge >= 0.3 is 6.03 Å².